The molecule has 0 aliphatic rings. The quantitative estimate of drug-likeness (QED) is 0.142. The zero-order chi connectivity index (χ0) is 28.6. The molecule has 0 saturated heterocycles. The second kappa shape index (κ2) is 13.8. The second-order valence-corrected chi connectivity index (χ2v) is 10.8. The lowest BCUT2D eigenvalue weighted by Gasteiger charge is -2.24. The molecule has 1 amide bonds. The van der Waals surface area contributed by atoms with Gasteiger partial charge in [0.05, 0.1) is 21.6 Å². The maximum atomic E-state index is 12.7. The van der Waals surface area contributed by atoms with Crippen LogP contribution in [0.2, 0.25) is 15.1 Å². The molecule has 3 aromatic carbocycles. The number of rotatable bonds is 12. The van der Waals surface area contributed by atoms with E-state index in [0.29, 0.717) is 46.8 Å². The van der Waals surface area contributed by atoms with Gasteiger partial charge in [0.15, 0.2) is 0 Å². The number of pyridine rings is 2. The Kier molecular flexibility index (Phi) is 9.75. The minimum Gasteiger partial charge on any atom is -0.383 e. The first kappa shape index (κ1) is 28.9. The fourth-order valence-corrected chi connectivity index (χ4v) is 5.21. The fourth-order valence-electron chi connectivity index (χ4n) is 4.65. The van der Waals surface area contributed by atoms with Crippen LogP contribution in [0.15, 0.2) is 85.2 Å². The number of fused-ring (bicyclic) bond motifs is 2. The molecule has 0 atom stereocenters. The molecule has 0 spiro atoms. The van der Waals surface area contributed by atoms with Gasteiger partial charge in [-0.1, -0.05) is 46.9 Å². The van der Waals surface area contributed by atoms with Crippen molar-refractivity contribution >= 4 is 73.9 Å². The Balaban J connectivity index is 1.22. The molecule has 0 unspecified atom stereocenters. The smallest absolute Gasteiger partial charge is 0.252 e. The highest BCUT2D eigenvalue weighted by molar-refractivity contribution is 6.34. The molecule has 0 aliphatic carbocycles. The Hall–Kier alpha value is -3.62. The Labute approximate surface area is 253 Å². The third kappa shape index (κ3) is 7.57. The van der Waals surface area contributed by atoms with Gasteiger partial charge < -0.3 is 16.0 Å². The van der Waals surface area contributed by atoms with Crippen LogP contribution in [0.4, 0.5) is 11.4 Å². The van der Waals surface area contributed by atoms with E-state index in [0.717, 1.165) is 46.3 Å². The zero-order valence-electron chi connectivity index (χ0n) is 22.2. The van der Waals surface area contributed by atoms with Crippen molar-refractivity contribution in [3.8, 4) is 0 Å². The van der Waals surface area contributed by atoms with Crippen molar-refractivity contribution in [3.63, 3.8) is 0 Å². The molecule has 3 N–H and O–H groups in total. The van der Waals surface area contributed by atoms with Crippen LogP contribution < -0.4 is 16.0 Å². The molecule has 10 heteroatoms. The topological polar surface area (TPSA) is 82.2 Å². The predicted molar refractivity (Wildman–Crippen MR) is 171 cm³/mol. The highest BCUT2D eigenvalue weighted by Crippen LogP contribution is 2.25. The van der Waals surface area contributed by atoms with E-state index in [1.807, 2.05) is 54.6 Å². The first-order valence-corrected chi connectivity index (χ1v) is 14.4. The monoisotopic (exact) mass is 606 g/mol. The Bertz CT molecular complexity index is 1570. The van der Waals surface area contributed by atoms with Crippen LogP contribution in [0.3, 0.4) is 0 Å². The number of anilines is 2. The third-order valence-electron chi connectivity index (χ3n) is 6.73. The molecule has 0 aliphatic heterocycles. The lowest BCUT2D eigenvalue weighted by Crippen LogP contribution is -2.39. The molecule has 0 fully saturated rings. The first-order chi connectivity index (χ1) is 20.0. The molecule has 2 heterocycles. The molecule has 210 valence electrons. The fraction of sp³-hybridized carbons (Fsp3) is 0.194. The molecule has 41 heavy (non-hydrogen) atoms. The lowest BCUT2D eigenvalue weighted by atomic mass is 10.2. The summed E-state index contributed by atoms with van der Waals surface area (Å²) in [6, 6.07) is 22.4. The number of amides is 1. The molecule has 0 radical (unpaired) electrons. The van der Waals surface area contributed by atoms with E-state index in [1.54, 1.807) is 30.6 Å². The van der Waals surface area contributed by atoms with E-state index in [2.05, 4.69) is 30.8 Å². The van der Waals surface area contributed by atoms with Gasteiger partial charge in [-0.2, -0.15) is 0 Å². The van der Waals surface area contributed by atoms with Gasteiger partial charge in [0.1, 0.15) is 0 Å². The Morgan fingerprint density at radius 2 is 1.22 bits per heavy atom. The number of nitrogens with zero attached hydrogens (tertiary/aromatic N) is 3. The zero-order valence-corrected chi connectivity index (χ0v) is 24.5. The van der Waals surface area contributed by atoms with Gasteiger partial charge in [0, 0.05) is 83.9 Å². The van der Waals surface area contributed by atoms with E-state index in [1.165, 1.54) is 0 Å². The minimum atomic E-state index is -0.185. The third-order valence-corrected chi connectivity index (χ3v) is 7.53. The van der Waals surface area contributed by atoms with Crippen molar-refractivity contribution < 1.29 is 4.79 Å². The maximum Gasteiger partial charge on any atom is 0.252 e. The number of carbonyl (C=O) groups is 1. The van der Waals surface area contributed by atoms with E-state index < -0.39 is 0 Å². The summed E-state index contributed by atoms with van der Waals surface area (Å²) in [5.41, 5.74) is 4.16. The van der Waals surface area contributed by atoms with Crippen molar-refractivity contribution in [2.24, 2.45) is 0 Å². The summed E-state index contributed by atoms with van der Waals surface area (Å²) >= 11 is 18.5. The average molecular weight is 608 g/mol. The summed E-state index contributed by atoms with van der Waals surface area (Å²) in [5.74, 6) is -0.185. The van der Waals surface area contributed by atoms with Gasteiger partial charge in [0.25, 0.3) is 5.91 Å². The molecule has 0 bridgehead atoms. The Morgan fingerprint density at radius 3 is 1.78 bits per heavy atom. The highest BCUT2D eigenvalue weighted by Gasteiger charge is 2.11. The maximum absolute atomic E-state index is 12.7. The van der Waals surface area contributed by atoms with E-state index in [4.69, 9.17) is 34.8 Å². The van der Waals surface area contributed by atoms with Crippen LogP contribution in [0.1, 0.15) is 10.4 Å². The molecule has 2 aromatic heterocycles. The van der Waals surface area contributed by atoms with Crippen molar-refractivity contribution in [3.05, 3.63) is 106 Å². The van der Waals surface area contributed by atoms with Crippen LogP contribution in [0.25, 0.3) is 21.8 Å². The first-order valence-electron chi connectivity index (χ1n) is 13.3. The van der Waals surface area contributed by atoms with Crippen LogP contribution in [-0.4, -0.2) is 60.0 Å². The summed E-state index contributed by atoms with van der Waals surface area (Å²) in [7, 11) is 0. The van der Waals surface area contributed by atoms with Gasteiger partial charge in [0.2, 0.25) is 0 Å². The normalized spacial score (nSPS) is 11.2. The van der Waals surface area contributed by atoms with Crippen LogP contribution in [0.5, 0.6) is 0 Å². The SMILES string of the molecule is O=C(NCCN(CCNc1ccnc2cc(Cl)ccc12)CCNc1ccnc2cc(Cl)ccc12)c1ccccc1Cl. The number of aromatic nitrogens is 2. The summed E-state index contributed by atoms with van der Waals surface area (Å²) in [5, 5.41) is 13.9. The van der Waals surface area contributed by atoms with Crippen molar-refractivity contribution in [2.45, 2.75) is 0 Å². The van der Waals surface area contributed by atoms with Gasteiger partial charge in [-0.25, -0.2) is 0 Å². The molecule has 7 nitrogen and oxygen atoms in total. The average Bonchev–Trinajstić information content (AvgIpc) is 2.97. The largest absolute Gasteiger partial charge is 0.383 e. The highest BCUT2D eigenvalue weighted by atomic mass is 35.5. The van der Waals surface area contributed by atoms with Crippen LogP contribution in [-0.2, 0) is 0 Å². The number of benzene rings is 3. The molecule has 5 rings (SSSR count). The number of hydrogen-bond acceptors (Lipinski definition) is 6. The molecular formula is C31H29Cl3N6O. The lowest BCUT2D eigenvalue weighted by molar-refractivity contribution is 0.0949. The van der Waals surface area contributed by atoms with Gasteiger partial charge in [-0.3, -0.25) is 19.7 Å². The standard InChI is InChI=1S/C31H29Cl3N6O/c32-21-5-7-24-27(9-11-35-29(24)19-21)37-13-16-40(18-15-39-31(41)23-3-1-2-4-26(23)34)17-14-38-28-10-12-36-30-20-22(33)6-8-25(28)30/h1-12,19-20H,13-18H2,(H,35,37)(H,36,38)(H,39,41). The molecule has 5 aromatic rings. The van der Waals surface area contributed by atoms with Gasteiger partial charge in [-0.05, 0) is 60.7 Å². The second-order valence-electron chi connectivity index (χ2n) is 9.47. The van der Waals surface area contributed by atoms with Crippen molar-refractivity contribution in [1.29, 1.82) is 0 Å². The summed E-state index contributed by atoms with van der Waals surface area (Å²) in [6.45, 7) is 4.08. The Morgan fingerprint density at radius 1 is 0.683 bits per heavy atom. The van der Waals surface area contributed by atoms with Crippen molar-refractivity contribution in [1.82, 2.24) is 20.2 Å². The number of nitrogens with one attached hydrogen (secondary N) is 3. The van der Waals surface area contributed by atoms with Crippen LogP contribution >= 0.6 is 34.8 Å². The van der Waals surface area contributed by atoms with Crippen LogP contribution in [0, 0.1) is 0 Å². The minimum absolute atomic E-state index is 0.185. The number of halogens is 3. The van der Waals surface area contributed by atoms with E-state index in [9.17, 15) is 4.79 Å². The molecular weight excluding hydrogens is 579 g/mol. The van der Waals surface area contributed by atoms with Gasteiger partial charge >= 0.3 is 0 Å². The van der Waals surface area contributed by atoms with Crippen molar-refractivity contribution in [2.75, 3.05) is 49.9 Å². The van der Waals surface area contributed by atoms with E-state index in [-0.39, 0.29) is 5.91 Å². The number of hydrogen-bond donors (Lipinski definition) is 3. The summed E-state index contributed by atoms with van der Waals surface area (Å²) in [6.07, 6.45) is 3.55. The van der Waals surface area contributed by atoms with Gasteiger partial charge in [-0.15, -0.1) is 0 Å². The van der Waals surface area contributed by atoms with E-state index >= 15 is 0 Å². The number of carbonyl (C=O) groups excluding carboxylic acids is 1. The molecule has 0 saturated carbocycles. The predicted octanol–water partition coefficient (Wildman–Crippen LogP) is 7.00. The summed E-state index contributed by atoms with van der Waals surface area (Å²) < 4.78 is 0. The summed E-state index contributed by atoms with van der Waals surface area (Å²) in [4.78, 5) is 23.8.